The van der Waals surface area contributed by atoms with Crippen molar-refractivity contribution >= 4 is 12.2 Å². The topological polar surface area (TPSA) is 105 Å². The van der Waals surface area contributed by atoms with Gasteiger partial charge in [-0.3, -0.25) is 9.67 Å². The average Bonchev–Trinajstić information content (AvgIpc) is 3.48. The van der Waals surface area contributed by atoms with Crippen molar-refractivity contribution in [1.29, 1.82) is 0 Å². The van der Waals surface area contributed by atoms with Gasteiger partial charge < -0.3 is 19.5 Å². The van der Waals surface area contributed by atoms with Crippen LogP contribution in [0.3, 0.4) is 0 Å². The summed E-state index contributed by atoms with van der Waals surface area (Å²) in [6, 6.07) is 3.55. The van der Waals surface area contributed by atoms with Crippen LogP contribution in [0, 0.1) is 30.3 Å². The zero-order chi connectivity index (χ0) is 28.0. The highest BCUT2D eigenvalue weighted by Crippen LogP contribution is 2.34. The van der Waals surface area contributed by atoms with Gasteiger partial charge in [0.2, 0.25) is 0 Å². The molecule has 13 heteroatoms. The van der Waals surface area contributed by atoms with Crippen LogP contribution in [0.15, 0.2) is 35.6 Å². The van der Waals surface area contributed by atoms with Crippen molar-refractivity contribution in [2.45, 2.75) is 38.6 Å². The largest absolute Gasteiger partial charge is 0.483 e. The summed E-state index contributed by atoms with van der Waals surface area (Å²) in [5, 5.41) is 19.7. The number of ether oxygens (including phenoxy) is 2. The molecule has 2 amide bonds. The second kappa shape index (κ2) is 10.5. The number of likely N-dealkylation sites (tertiary alicyclic amines) is 1. The number of carbonyl (C=O) groups excluding carboxylic acids is 1. The molecular formula is C27H27F3N6O4. The van der Waals surface area contributed by atoms with Gasteiger partial charge in [-0.05, 0) is 24.6 Å². The van der Waals surface area contributed by atoms with Crippen molar-refractivity contribution in [2.24, 2.45) is 11.0 Å². The van der Waals surface area contributed by atoms with Crippen molar-refractivity contribution < 1.29 is 32.5 Å². The fourth-order valence-electron chi connectivity index (χ4n) is 5.15. The fourth-order valence-corrected chi connectivity index (χ4v) is 5.15. The number of carbonyl (C=O) groups is 1. The molecule has 3 aliphatic rings. The lowest BCUT2D eigenvalue weighted by Crippen LogP contribution is -2.58. The molecule has 0 radical (unpaired) electrons. The molecule has 2 saturated heterocycles. The first kappa shape index (κ1) is 26.3. The molecule has 10 nitrogen and oxygen atoms in total. The Morgan fingerprint density at radius 1 is 1.15 bits per heavy atom. The average molecular weight is 557 g/mol. The van der Waals surface area contributed by atoms with Crippen molar-refractivity contribution in [1.82, 2.24) is 24.7 Å². The molecule has 2 aromatic heterocycles. The van der Waals surface area contributed by atoms with Gasteiger partial charge in [-0.15, -0.1) is 0 Å². The Balaban J connectivity index is 1.13. The van der Waals surface area contributed by atoms with E-state index in [-0.39, 0.29) is 25.4 Å². The van der Waals surface area contributed by atoms with E-state index in [1.807, 2.05) is 6.92 Å². The van der Waals surface area contributed by atoms with Crippen LogP contribution in [0.2, 0.25) is 0 Å². The van der Waals surface area contributed by atoms with Gasteiger partial charge in [0.15, 0.2) is 11.6 Å². The van der Waals surface area contributed by atoms with Gasteiger partial charge in [0.25, 0.3) is 0 Å². The minimum atomic E-state index is -0.730. The van der Waals surface area contributed by atoms with E-state index in [0.717, 1.165) is 18.0 Å². The minimum absolute atomic E-state index is 0.0298. The zero-order valence-electron chi connectivity index (χ0n) is 21.6. The highest BCUT2D eigenvalue weighted by Gasteiger charge is 2.39. The number of halogens is 3. The Hall–Kier alpha value is -3.97. The lowest BCUT2D eigenvalue weighted by Gasteiger charge is -2.41. The van der Waals surface area contributed by atoms with Gasteiger partial charge in [0.1, 0.15) is 17.7 Å². The third-order valence-corrected chi connectivity index (χ3v) is 7.35. The third-order valence-electron chi connectivity index (χ3n) is 7.35. The van der Waals surface area contributed by atoms with Crippen LogP contribution >= 0.6 is 0 Å². The lowest BCUT2D eigenvalue weighted by atomic mass is 10.0. The first-order chi connectivity index (χ1) is 19.3. The number of aliphatic hydroxyl groups is 1. The Labute approximate surface area is 227 Å². The molecule has 0 unspecified atom stereocenters. The Bertz CT molecular complexity index is 1450. The van der Waals surface area contributed by atoms with Gasteiger partial charge in [0.05, 0.1) is 56.5 Å². The molecule has 1 atom stereocenters. The van der Waals surface area contributed by atoms with Crippen LogP contribution < -0.4 is 4.74 Å². The molecule has 6 rings (SSSR count). The summed E-state index contributed by atoms with van der Waals surface area (Å²) in [6.45, 7) is 3.88. The monoisotopic (exact) mass is 556 g/mol. The number of aliphatic hydroxyl groups excluding tert-OH is 1. The summed E-state index contributed by atoms with van der Waals surface area (Å²) >= 11 is 0. The molecule has 0 spiro atoms. The highest BCUT2D eigenvalue weighted by molar-refractivity contribution is 5.79. The maximum absolute atomic E-state index is 14.7. The van der Waals surface area contributed by atoms with Gasteiger partial charge in [0, 0.05) is 48.5 Å². The number of benzene rings is 1. The number of nitrogens with zero attached hydrogens (tertiary/aromatic N) is 6. The standard InChI is InChI=1S/C27H27F3N6O4/c1-15-26(23(12-37)33-35(15)9-16-13-39-14-16)22-7-25(21(30)8-31-22)40-20-10-34(11-20)27(38)36-24(2-3-32-36)17-4-18(28)6-19(29)5-17/h3-8,16,20,24,37H,2,9-14H2,1H3/t24-/m0/s1. The second-order valence-corrected chi connectivity index (χ2v) is 10.2. The van der Waals surface area contributed by atoms with E-state index < -0.39 is 35.6 Å². The number of amides is 2. The second-order valence-electron chi connectivity index (χ2n) is 10.2. The smallest absolute Gasteiger partial charge is 0.341 e. The van der Waals surface area contributed by atoms with E-state index in [1.54, 1.807) is 4.68 Å². The van der Waals surface area contributed by atoms with Gasteiger partial charge in [-0.25, -0.2) is 23.0 Å². The number of pyridine rings is 1. The maximum atomic E-state index is 14.7. The summed E-state index contributed by atoms with van der Waals surface area (Å²) in [7, 11) is 0. The van der Waals surface area contributed by atoms with E-state index in [1.165, 1.54) is 34.3 Å². The van der Waals surface area contributed by atoms with E-state index in [9.17, 15) is 23.1 Å². The van der Waals surface area contributed by atoms with Crippen molar-refractivity contribution in [3.63, 3.8) is 0 Å². The lowest BCUT2D eigenvalue weighted by molar-refractivity contribution is -0.0411. The van der Waals surface area contributed by atoms with Crippen LogP contribution in [0.5, 0.6) is 5.75 Å². The molecule has 2 fully saturated rings. The van der Waals surface area contributed by atoms with Crippen LogP contribution in [0.25, 0.3) is 11.3 Å². The van der Waals surface area contributed by atoms with E-state index in [0.29, 0.717) is 54.6 Å². The SMILES string of the molecule is Cc1c(-c2cc(OC3CN(C(=O)N4N=CC[C@H]4c4cc(F)cc(F)c4)C3)c(F)cn2)c(CO)nn1CC1COC1. The minimum Gasteiger partial charge on any atom is -0.483 e. The number of hydrazone groups is 1. The molecule has 3 aromatic rings. The first-order valence-electron chi connectivity index (χ1n) is 12.9. The molecule has 210 valence electrons. The summed E-state index contributed by atoms with van der Waals surface area (Å²) in [5.41, 5.74) is 2.56. The fraction of sp³-hybridized carbons (Fsp3) is 0.407. The Kier molecular flexibility index (Phi) is 6.92. The summed E-state index contributed by atoms with van der Waals surface area (Å²) < 4.78 is 55.1. The number of aromatic nitrogens is 3. The van der Waals surface area contributed by atoms with Crippen molar-refractivity contribution in [3.05, 3.63) is 64.9 Å². The van der Waals surface area contributed by atoms with Gasteiger partial charge in [-0.2, -0.15) is 10.2 Å². The predicted molar refractivity (Wildman–Crippen MR) is 136 cm³/mol. The molecular weight excluding hydrogens is 529 g/mol. The predicted octanol–water partition coefficient (Wildman–Crippen LogP) is 3.43. The molecule has 0 bridgehead atoms. The third kappa shape index (κ3) is 4.90. The Morgan fingerprint density at radius 2 is 1.90 bits per heavy atom. The van der Waals surface area contributed by atoms with E-state index >= 15 is 0 Å². The number of rotatable bonds is 7. The van der Waals surface area contributed by atoms with Gasteiger partial charge >= 0.3 is 6.03 Å². The normalized spacial score (nSPS) is 19.2. The molecule has 3 aliphatic heterocycles. The molecule has 1 N–H and O–H groups in total. The van der Waals surface area contributed by atoms with Crippen LogP contribution in [0.1, 0.15) is 29.4 Å². The number of urea groups is 1. The first-order valence-corrected chi connectivity index (χ1v) is 12.9. The van der Waals surface area contributed by atoms with E-state index in [2.05, 4.69) is 15.2 Å². The Morgan fingerprint density at radius 3 is 2.58 bits per heavy atom. The van der Waals surface area contributed by atoms with Crippen molar-refractivity contribution in [2.75, 3.05) is 26.3 Å². The van der Waals surface area contributed by atoms with Crippen LogP contribution in [0.4, 0.5) is 18.0 Å². The molecule has 0 aliphatic carbocycles. The van der Waals surface area contributed by atoms with Crippen LogP contribution in [-0.2, 0) is 17.9 Å². The molecule has 40 heavy (non-hydrogen) atoms. The number of hydrogen-bond donors (Lipinski definition) is 1. The molecule has 1 aromatic carbocycles. The van der Waals surface area contributed by atoms with Crippen molar-refractivity contribution in [3.8, 4) is 17.0 Å². The summed E-state index contributed by atoms with van der Waals surface area (Å²) in [6.07, 6.45) is 2.43. The highest BCUT2D eigenvalue weighted by atomic mass is 19.1. The maximum Gasteiger partial charge on any atom is 0.341 e. The zero-order valence-corrected chi connectivity index (χ0v) is 21.6. The summed E-state index contributed by atoms with van der Waals surface area (Å²) in [5.74, 6) is -1.80. The summed E-state index contributed by atoms with van der Waals surface area (Å²) in [4.78, 5) is 18.8. The quantitative estimate of drug-likeness (QED) is 0.478. The van der Waals surface area contributed by atoms with E-state index in [4.69, 9.17) is 9.47 Å². The van der Waals surface area contributed by atoms with Crippen LogP contribution in [-0.4, -0.2) is 74.4 Å². The molecule has 0 saturated carbocycles. The number of hydrogen-bond acceptors (Lipinski definition) is 7. The molecule has 5 heterocycles. The van der Waals surface area contributed by atoms with Gasteiger partial charge in [-0.1, -0.05) is 0 Å².